The molecular formula is C14H20N4O2S. The van der Waals surface area contributed by atoms with E-state index in [2.05, 4.69) is 11.0 Å². The Balaban J connectivity index is 1.98. The maximum atomic E-state index is 12.0. The van der Waals surface area contributed by atoms with Crippen molar-refractivity contribution in [2.24, 2.45) is 0 Å². The number of nitrogen functional groups attached to an aromatic ring is 1. The summed E-state index contributed by atoms with van der Waals surface area (Å²) in [6.45, 7) is 8.07. The molecule has 1 aliphatic heterocycles. The van der Waals surface area contributed by atoms with Crippen LogP contribution >= 0.6 is 11.3 Å². The van der Waals surface area contributed by atoms with Crippen molar-refractivity contribution in [3.63, 3.8) is 0 Å². The van der Waals surface area contributed by atoms with Crippen LogP contribution in [-0.2, 0) is 4.74 Å². The second kappa shape index (κ2) is 5.82. The average molecular weight is 308 g/mol. The van der Waals surface area contributed by atoms with E-state index >= 15 is 0 Å². The lowest BCUT2D eigenvalue weighted by Gasteiger charge is -2.36. The zero-order valence-corrected chi connectivity index (χ0v) is 13.4. The van der Waals surface area contributed by atoms with Gasteiger partial charge < -0.3 is 20.3 Å². The fourth-order valence-corrected chi connectivity index (χ4v) is 2.94. The van der Waals surface area contributed by atoms with Gasteiger partial charge in [0.1, 0.15) is 22.2 Å². The highest BCUT2D eigenvalue weighted by molar-refractivity contribution is 7.14. The van der Waals surface area contributed by atoms with E-state index in [-0.39, 0.29) is 6.09 Å². The van der Waals surface area contributed by atoms with Gasteiger partial charge in [-0.15, -0.1) is 11.3 Å². The first kappa shape index (κ1) is 15.4. The Hall–Kier alpha value is -1.94. The third-order valence-electron chi connectivity index (χ3n) is 3.18. The number of anilines is 2. The Morgan fingerprint density at radius 2 is 2.00 bits per heavy atom. The molecule has 0 saturated carbocycles. The monoisotopic (exact) mass is 308 g/mol. The highest BCUT2D eigenvalue weighted by Gasteiger charge is 2.27. The zero-order chi connectivity index (χ0) is 15.6. The minimum Gasteiger partial charge on any atom is -0.444 e. The first-order valence-corrected chi connectivity index (χ1v) is 7.69. The van der Waals surface area contributed by atoms with Gasteiger partial charge in [-0.1, -0.05) is 0 Å². The first-order valence-electron chi connectivity index (χ1n) is 6.82. The minimum atomic E-state index is -0.482. The predicted octanol–water partition coefficient (Wildman–Crippen LogP) is 2.26. The van der Waals surface area contributed by atoms with Crippen LogP contribution in [0, 0.1) is 11.3 Å². The van der Waals surface area contributed by atoms with E-state index in [1.165, 1.54) is 11.3 Å². The van der Waals surface area contributed by atoms with Crippen molar-refractivity contribution in [2.75, 3.05) is 36.8 Å². The molecule has 0 atom stereocenters. The minimum absolute atomic E-state index is 0.285. The molecule has 1 fully saturated rings. The van der Waals surface area contributed by atoms with E-state index in [0.717, 1.165) is 5.69 Å². The number of hydrogen-bond acceptors (Lipinski definition) is 6. The fourth-order valence-electron chi connectivity index (χ4n) is 2.16. The number of hydrogen-bond donors (Lipinski definition) is 1. The van der Waals surface area contributed by atoms with Crippen molar-refractivity contribution in [2.45, 2.75) is 26.4 Å². The number of nitriles is 1. The molecule has 1 aromatic rings. The van der Waals surface area contributed by atoms with Crippen molar-refractivity contribution in [1.82, 2.24) is 4.90 Å². The number of ether oxygens (including phenoxy) is 1. The number of carbonyl (C=O) groups is 1. The number of piperazine rings is 1. The van der Waals surface area contributed by atoms with Crippen molar-refractivity contribution in [3.8, 4) is 6.07 Å². The van der Waals surface area contributed by atoms with Gasteiger partial charge in [-0.25, -0.2) is 4.79 Å². The lowest BCUT2D eigenvalue weighted by molar-refractivity contribution is 0.0240. The lowest BCUT2D eigenvalue weighted by atomic mass is 10.2. The van der Waals surface area contributed by atoms with Gasteiger partial charge >= 0.3 is 6.09 Å². The van der Waals surface area contributed by atoms with Crippen LogP contribution in [0.1, 0.15) is 26.3 Å². The van der Waals surface area contributed by atoms with Crippen LogP contribution in [-0.4, -0.2) is 42.8 Å². The molecule has 2 heterocycles. The van der Waals surface area contributed by atoms with Gasteiger partial charge in [-0.05, 0) is 20.8 Å². The maximum absolute atomic E-state index is 12.0. The normalized spacial score (nSPS) is 15.7. The standard InChI is InChI=1S/C14H20N4O2S/c1-14(2,3)20-13(19)18-6-4-17(5-7-18)11-9-21-12(16)10(11)8-15/h9H,4-7,16H2,1-3H3. The molecule has 0 spiro atoms. The molecule has 0 bridgehead atoms. The van der Waals surface area contributed by atoms with Crippen LogP contribution in [0.3, 0.4) is 0 Å². The number of carbonyl (C=O) groups excluding carboxylic acids is 1. The summed E-state index contributed by atoms with van der Waals surface area (Å²) >= 11 is 1.37. The molecule has 114 valence electrons. The van der Waals surface area contributed by atoms with Gasteiger partial charge in [0.25, 0.3) is 0 Å². The molecule has 0 radical (unpaired) electrons. The van der Waals surface area contributed by atoms with E-state index < -0.39 is 5.60 Å². The molecule has 0 unspecified atom stereocenters. The molecule has 2 N–H and O–H groups in total. The zero-order valence-electron chi connectivity index (χ0n) is 12.5. The quantitative estimate of drug-likeness (QED) is 0.860. The second-order valence-electron chi connectivity index (χ2n) is 5.93. The van der Waals surface area contributed by atoms with Crippen LogP contribution in [0.15, 0.2) is 5.38 Å². The van der Waals surface area contributed by atoms with Gasteiger partial charge in [-0.3, -0.25) is 0 Å². The van der Waals surface area contributed by atoms with E-state index in [1.807, 2.05) is 26.2 Å². The summed E-state index contributed by atoms with van der Waals surface area (Å²) in [4.78, 5) is 15.8. The first-order chi connectivity index (χ1) is 9.81. The number of amides is 1. The Kier molecular flexibility index (Phi) is 4.28. The predicted molar refractivity (Wildman–Crippen MR) is 83.5 cm³/mol. The molecule has 7 heteroatoms. The second-order valence-corrected chi connectivity index (χ2v) is 6.84. The molecule has 6 nitrogen and oxygen atoms in total. The molecule has 1 aliphatic rings. The Morgan fingerprint density at radius 3 is 2.52 bits per heavy atom. The highest BCUT2D eigenvalue weighted by Crippen LogP contribution is 2.32. The summed E-state index contributed by atoms with van der Waals surface area (Å²) in [5.41, 5.74) is 6.70. The van der Waals surface area contributed by atoms with Crippen LogP contribution in [0.2, 0.25) is 0 Å². The summed E-state index contributed by atoms with van der Waals surface area (Å²) < 4.78 is 5.37. The summed E-state index contributed by atoms with van der Waals surface area (Å²) in [7, 11) is 0. The van der Waals surface area contributed by atoms with Crippen LogP contribution in [0.5, 0.6) is 0 Å². The third kappa shape index (κ3) is 3.58. The van der Waals surface area contributed by atoms with Gasteiger partial charge in [0.05, 0.1) is 5.69 Å². The summed E-state index contributed by atoms with van der Waals surface area (Å²) in [5, 5.41) is 11.6. The van der Waals surface area contributed by atoms with Gasteiger partial charge in [0.2, 0.25) is 0 Å². The van der Waals surface area contributed by atoms with Crippen LogP contribution in [0.4, 0.5) is 15.5 Å². The topological polar surface area (TPSA) is 82.6 Å². The average Bonchev–Trinajstić information content (AvgIpc) is 2.78. The van der Waals surface area contributed by atoms with E-state index in [9.17, 15) is 4.79 Å². The molecule has 21 heavy (non-hydrogen) atoms. The highest BCUT2D eigenvalue weighted by atomic mass is 32.1. The number of nitrogens with two attached hydrogens (primary N) is 1. The van der Waals surface area contributed by atoms with Crippen LogP contribution < -0.4 is 10.6 Å². The Morgan fingerprint density at radius 1 is 1.38 bits per heavy atom. The van der Waals surface area contributed by atoms with E-state index in [1.54, 1.807) is 4.90 Å². The summed E-state index contributed by atoms with van der Waals surface area (Å²) in [5.74, 6) is 0. The fraction of sp³-hybridized carbons (Fsp3) is 0.571. The molecule has 1 saturated heterocycles. The van der Waals surface area contributed by atoms with E-state index in [0.29, 0.717) is 36.7 Å². The maximum Gasteiger partial charge on any atom is 0.410 e. The largest absolute Gasteiger partial charge is 0.444 e. The van der Waals surface area contributed by atoms with Crippen molar-refractivity contribution in [3.05, 3.63) is 10.9 Å². The lowest BCUT2D eigenvalue weighted by Crippen LogP contribution is -2.50. The SMILES string of the molecule is CC(C)(C)OC(=O)N1CCN(c2csc(N)c2C#N)CC1. The smallest absolute Gasteiger partial charge is 0.410 e. The van der Waals surface area contributed by atoms with E-state index in [4.69, 9.17) is 15.7 Å². The molecule has 2 rings (SSSR count). The molecule has 1 aromatic heterocycles. The van der Waals surface area contributed by atoms with Crippen molar-refractivity contribution in [1.29, 1.82) is 5.26 Å². The summed E-state index contributed by atoms with van der Waals surface area (Å²) in [6, 6.07) is 2.14. The van der Waals surface area contributed by atoms with Crippen molar-refractivity contribution >= 4 is 28.1 Å². The number of nitrogens with zero attached hydrogens (tertiary/aromatic N) is 3. The van der Waals surface area contributed by atoms with Gasteiger partial charge in [0.15, 0.2) is 0 Å². The van der Waals surface area contributed by atoms with Gasteiger partial charge in [-0.2, -0.15) is 5.26 Å². The van der Waals surface area contributed by atoms with Gasteiger partial charge in [0, 0.05) is 31.6 Å². The molecule has 0 aromatic carbocycles. The van der Waals surface area contributed by atoms with Crippen molar-refractivity contribution < 1.29 is 9.53 Å². The number of thiophene rings is 1. The third-order valence-corrected chi connectivity index (χ3v) is 3.98. The van der Waals surface area contributed by atoms with Crippen LogP contribution in [0.25, 0.3) is 0 Å². The Bertz CT molecular complexity index is 563. The Labute approximate surface area is 128 Å². The molecule has 0 aliphatic carbocycles. The summed E-state index contributed by atoms with van der Waals surface area (Å²) in [6.07, 6.45) is -0.285. The molecule has 1 amide bonds. The molecular weight excluding hydrogens is 288 g/mol. The number of rotatable bonds is 1.